The van der Waals surface area contributed by atoms with E-state index in [0.717, 1.165) is 18.4 Å². The molecule has 0 saturated heterocycles. The molecular formula is C16H18N2O2. The summed E-state index contributed by atoms with van der Waals surface area (Å²) in [5, 5.41) is 2.80. The second-order valence-corrected chi connectivity index (χ2v) is 4.52. The van der Waals surface area contributed by atoms with Crippen LogP contribution in [0, 0.1) is 0 Å². The quantitative estimate of drug-likeness (QED) is 0.909. The predicted octanol–water partition coefficient (Wildman–Crippen LogP) is 2.83. The number of nitrogens with one attached hydrogen (secondary N) is 1. The molecule has 20 heavy (non-hydrogen) atoms. The van der Waals surface area contributed by atoms with Crippen molar-refractivity contribution in [3.05, 3.63) is 53.7 Å². The number of rotatable bonds is 5. The van der Waals surface area contributed by atoms with Gasteiger partial charge in [-0.1, -0.05) is 30.3 Å². The Hall–Kier alpha value is -2.36. The van der Waals surface area contributed by atoms with E-state index in [0.29, 0.717) is 11.6 Å². The van der Waals surface area contributed by atoms with E-state index in [1.807, 2.05) is 24.3 Å². The van der Waals surface area contributed by atoms with E-state index in [-0.39, 0.29) is 5.91 Å². The molecule has 0 fully saturated rings. The van der Waals surface area contributed by atoms with Gasteiger partial charge in [0, 0.05) is 13.1 Å². The Bertz CT molecular complexity index is 582. The van der Waals surface area contributed by atoms with Crippen LogP contribution in [0.4, 0.5) is 5.69 Å². The molecule has 0 unspecified atom stereocenters. The molecule has 2 aromatic rings. The Morgan fingerprint density at radius 3 is 2.60 bits per heavy atom. The SMILES string of the molecule is COc1nccc(CCc2ccccc2)c1NC(C)=O. The number of benzene rings is 1. The van der Waals surface area contributed by atoms with Gasteiger partial charge in [-0.2, -0.15) is 0 Å². The number of aryl methyl sites for hydroxylation is 2. The monoisotopic (exact) mass is 270 g/mol. The van der Waals surface area contributed by atoms with Gasteiger partial charge in [-0.15, -0.1) is 0 Å². The third kappa shape index (κ3) is 3.57. The summed E-state index contributed by atoms with van der Waals surface area (Å²) in [5.74, 6) is 0.322. The highest BCUT2D eigenvalue weighted by Crippen LogP contribution is 2.26. The van der Waals surface area contributed by atoms with Crippen molar-refractivity contribution in [2.45, 2.75) is 19.8 Å². The molecule has 0 aliphatic heterocycles. The number of carbonyl (C=O) groups excluding carboxylic acids is 1. The van der Waals surface area contributed by atoms with Crippen molar-refractivity contribution in [2.75, 3.05) is 12.4 Å². The molecular weight excluding hydrogens is 252 g/mol. The van der Waals surface area contributed by atoms with E-state index in [1.54, 1.807) is 13.3 Å². The summed E-state index contributed by atoms with van der Waals surface area (Å²) in [5.41, 5.74) is 2.95. The first-order valence-electron chi connectivity index (χ1n) is 6.54. The number of pyridine rings is 1. The molecule has 4 nitrogen and oxygen atoms in total. The van der Waals surface area contributed by atoms with Crippen LogP contribution < -0.4 is 10.1 Å². The van der Waals surface area contributed by atoms with Crippen LogP contribution in [0.3, 0.4) is 0 Å². The van der Waals surface area contributed by atoms with Crippen LogP contribution in [-0.4, -0.2) is 18.0 Å². The van der Waals surface area contributed by atoms with E-state index in [2.05, 4.69) is 22.4 Å². The fourth-order valence-corrected chi connectivity index (χ4v) is 2.08. The number of carbonyl (C=O) groups is 1. The number of aromatic nitrogens is 1. The van der Waals surface area contributed by atoms with E-state index >= 15 is 0 Å². The number of hydrogen-bond acceptors (Lipinski definition) is 3. The Kier molecular flexibility index (Phi) is 4.71. The summed E-state index contributed by atoms with van der Waals surface area (Å²) in [6.07, 6.45) is 3.42. The van der Waals surface area contributed by atoms with Crippen LogP contribution in [-0.2, 0) is 17.6 Å². The minimum atomic E-state index is -0.128. The van der Waals surface area contributed by atoms with Gasteiger partial charge in [0.2, 0.25) is 11.8 Å². The van der Waals surface area contributed by atoms with Crippen LogP contribution >= 0.6 is 0 Å². The van der Waals surface area contributed by atoms with Gasteiger partial charge in [0.15, 0.2) is 0 Å². The Labute approximate surface area is 118 Å². The Morgan fingerprint density at radius 1 is 1.20 bits per heavy atom. The van der Waals surface area contributed by atoms with Gasteiger partial charge in [0.1, 0.15) is 5.69 Å². The summed E-state index contributed by atoms with van der Waals surface area (Å²) >= 11 is 0. The zero-order chi connectivity index (χ0) is 14.4. The molecule has 1 heterocycles. The normalized spacial score (nSPS) is 10.1. The predicted molar refractivity (Wildman–Crippen MR) is 78.9 cm³/mol. The lowest BCUT2D eigenvalue weighted by molar-refractivity contribution is -0.114. The fourth-order valence-electron chi connectivity index (χ4n) is 2.08. The lowest BCUT2D eigenvalue weighted by Gasteiger charge is -2.13. The van der Waals surface area contributed by atoms with E-state index < -0.39 is 0 Å². The number of ether oxygens (including phenoxy) is 1. The number of hydrogen-bond donors (Lipinski definition) is 1. The minimum absolute atomic E-state index is 0.128. The summed E-state index contributed by atoms with van der Waals surface area (Å²) in [6.45, 7) is 1.48. The lowest BCUT2D eigenvalue weighted by atomic mass is 10.0. The largest absolute Gasteiger partial charge is 0.480 e. The number of methoxy groups -OCH3 is 1. The Morgan fingerprint density at radius 2 is 1.95 bits per heavy atom. The average Bonchev–Trinajstić information content (AvgIpc) is 2.46. The van der Waals surface area contributed by atoms with Crippen LogP contribution in [0.2, 0.25) is 0 Å². The zero-order valence-corrected chi connectivity index (χ0v) is 11.7. The Balaban J connectivity index is 2.20. The molecule has 0 radical (unpaired) electrons. The molecule has 1 amide bonds. The van der Waals surface area contributed by atoms with Gasteiger partial charge in [0.05, 0.1) is 7.11 Å². The molecule has 1 aromatic heterocycles. The molecule has 0 aliphatic rings. The van der Waals surface area contributed by atoms with Crippen molar-refractivity contribution < 1.29 is 9.53 Å². The van der Waals surface area contributed by atoms with Crippen LogP contribution in [0.1, 0.15) is 18.1 Å². The molecule has 2 rings (SSSR count). The summed E-state index contributed by atoms with van der Waals surface area (Å²) < 4.78 is 5.21. The highest BCUT2D eigenvalue weighted by Gasteiger charge is 2.11. The van der Waals surface area contributed by atoms with Crippen molar-refractivity contribution in [1.82, 2.24) is 4.98 Å². The third-order valence-electron chi connectivity index (χ3n) is 3.02. The molecule has 4 heteroatoms. The van der Waals surface area contributed by atoms with Gasteiger partial charge < -0.3 is 10.1 Å². The maximum absolute atomic E-state index is 11.3. The zero-order valence-electron chi connectivity index (χ0n) is 11.7. The highest BCUT2D eigenvalue weighted by molar-refractivity contribution is 5.91. The van der Waals surface area contributed by atoms with Gasteiger partial charge in [-0.3, -0.25) is 4.79 Å². The van der Waals surface area contributed by atoms with Crippen LogP contribution in [0.25, 0.3) is 0 Å². The molecule has 0 saturated carbocycles. The highest BCUT2D eigenvalue weighted by atomic mass is 16.5. The number of nitrogens with zero attached hydrogens (tertiary/aromatic N) is 1. The van der Waals surface area contributed by atoms with Gasteiger partial charge in [-0.25, -0.2) is 4.98 Å². The first-order valence-corrected chi connectivity index (χ1v) is 6.54. The maximum atomic E-state index is 11.3. The molecule has 0 aliphatic carbocycles. The van der Waals surface area contributed by atoms with Crippen LogP contribution in [0.5, 0.6) is 5.88 Å². The molecule has 1 aromatic carbocycles. The second kappa shape index (κ2) is 6.70. The standard InChI is InChI=1S/C16H18N2O2/c1-12(19)18-15-14(10-11-17-16(15)20-2)9-8-13-6-4-3-5-7-13/h3-7,10-11H,8-9H2,1-2H3,(H,18,19). The summed E-state index contributed by atoms with van der Waals surface area (Å²) in [4.78, 5) is 15.4. The minimum Gasteiger partial charge on any atom is -0.480 e. The van der Waals surface area contributed by atoms with Crippen molar-refractivity contribution >= 4 is 11.6 Å². The summed E-state index contributed by atoms with van der Waals surface area (Å²) in [7, 11) is 1.55. The van der Waals surface area contributed by atoms with Crippen molar-refractivity contribution in [3.63, 3.8) is 0 Å². The van der Waals surface area contributed by atoms with E-state index in [4.69, 9.17) is 4.74 Å². The van der Waals surface area contributed by atoms with Crippen molar-refractivity contribution in [2.24, 2.45) is 0 Å². The number of amides is 1. The van der Waals surface area contributed by atoms with E-state index in [9.17, 15) is 4.79 Å². The molecule has 1 N–H and O–H groups in total. The van der Waals surface area contributed by atoms with Crippen LogP contribution in [0.15, 0.2) is 42.6 Å². The molecule has 0 bridgehead atoms. The lowest BCUT2D eigenvalue weighted by Crippen LogP contribution is -2.11. The molecule has 0 atom stereocenters. The third-order valence-corrected chi connectivity index (χ3v) is 3.02. The van der Waals surface area contributed by atoms with Gasteiger partial charge in [0.25, 0.3) is 0 Å². The second-order valence-electron chi connectivity index (χ2n) is 4.52. The molecule has 0 spiro atoms. The maximum Gasteiger partial charge on any atom is 0.237 e. The topological polar surface area (TPSA) is 51.2 Å². The van der Waals surface area contributed by atoms with Gasteiger partial charge in [-0.05, 0) is 30.0 Å². The summed E-state index contributed by atoms with van der Waals surface area (Å²) in [6, 6.07) is 12.2. The first-order chi connectivity index (χ1) is 9.70. The average molecular weight is 270 g/mol. The van der Waals surface area contributed by atoms with Gasteiger partial charge >= 0.3 is 0 Å². The van der Waals surface area contributed by atoms with Crippen molar-refractivity contribution in [1.29, 1.82) is 0 Å². The van der Waals surface area contributed by atoms with Crippen molar-refractivity contribution in [3.8, 4) is 5.88 Å². The molecule has 104 valence electrons. The van der Waals surface area contributed by atoms with E-state index in [1.165, 1.54) is 12.5 Å². The number of anilines is 1. The fraction of sp³-hybridized carbons (Fsp3) is 0.250. The smallest absolute Gasteiger partial charge is 0.237 e. The first kappa shape index (κ1) is 14.1.